The van der Waals surface area contributed by atoms with Crippen molar-refractivity contribution in [3.63, 3.8) is 0 Å². The van der Waals surface area contributed by atoms with Crippen molar-refractivity contribution in [2.75, 3.05) is 0 Å². The summed E-state index contributed by atoms with van der Waals surface area (Å²) in [7, 11) is 0. The molecular formula is C9H4F6N2. The van der Waals surface area contributed by atoms with Gasteiger partial charge in [0.05, 0.1) is 5.52 Å². The van der Waals surface area contributed by atoms with Crippen molar-refractivity contribution in [2.24, 2.45) is 0 Å². The van der Waals surface area contributed by atoms with Crippen LogP contribution in [0, 0.1) is 11.6 Å². The lowest BCUT2D eigenvalue weighted by Crippen LogP contribution is -2.25. The van der Waals surface area contributed by atoms with Crippen LogP contribution in [0.5, 0.6) is 0 Å². The molecule has 0 spiro atoms. The second-order valence-electron chi connectivity index (χ2n) is 3.27. The Hall–Kier alpha value is -1.73. The molecule has 0 amide bonds. The number of fused-ring (bicyclic) bond motifs is 1. The highest BCUT2D eigenvalue weighted by atomic mass is 19.3. The summed E-state index contributed by atoms with van der Waals surface area (Å²) in [6.45, 7) is 0. The first-order valence-electron chi connectivity index (χ1n) is 4.34. The molecule has 0 fully saturated rings. The second kappa shape index (κ2) is 3.64. The summed E-state index contributed by atoms with van der Waals surface area (Å²) < 4.78 is 75.7. The molecule has 1 heterocycles. The van der Waals surface area contributed by atoms with Gasteiger partial charge in [-0.3, -0.25) is 0 Å². The number of benzene rings is 1. The summed E-state index contributed by atoms with van der Waals surface area (Å²) in [5.41, 5.74) is -1.01. The molecule has 2 nitrogen and oxygen atoms in total. The van der Waals surface area contributed by atoms with Gasteiger partial charge < -0.3 is 4.98 Å². The van der Waals surface area contributed by atoms with Gasteiger partial charge in [-0.25, -0.2) is 22.5 Å². The molecule has 0 atom stereocenters. The maximum Gasteiger partial charge on any atom is 0.363 e. The van der Waals surface area contributed by atoms with Crippen LogP contribution in [0.3, 0.4) is 0 Å². The molecule has 1 N–H and O–H groups in total. The first-order chi connectivity index (χ1) is 7.84. The van der Waals surface area contributed by atoms with E-state index < -0.39 is 35.3 Å². The van der Waals surface area contributed by atoms with Gasteiger partial charge >= 0.3 is 12.3 Å². The van der Waals surface area contributed by atoms with Crippen LogP contribution in [0.4, 0.5) is 26.3 Å². The molecular weight excluding hydrogens is 250 g/mol. The smallest absolute Gasteiger partial charge is 0.337 e. The summed E-state index contributed by atoms with van der Waals surface area (Å²) >= 11 is 0. The van der Waals surface area contributed by atoms with E-state index in [1.165, 1.54) is 0 Å². The minimum absolute atomic E-state index is 0.278. The van der Waals surface area contributed by atoms with Gasteiger partial charge in [0.25, 0.3) is 0 Å². The standard InChI is InChI=1S/C9H4F6N2/c10-3-1-2-4-6(5(3)11)17-8(16-4)9(14,15)7(12)13/h1-2,7H,(H,16,17). The zero-order chi connectivity index (χ0) is 12.8. The second-order valence-corrected chi connectivity index (χ2v) is 3.27. The third kappa shape index (κ3) is 1.73. The van der Waals surface area contributed by atoms with Gasteiger partial charge in [0.2, 0.25) is 0 Å². The predicted octanol–water partition coefficient (Wildman–Crippen LogP) is 3.20. The van der Waals surface area contributed by atoms with Crippen molar-refractivity contribution in [2.45, 2.75) is 12.3 Å². The zero-order valence-corrected chi connectivity index (χ0v) is 7.95. The van der Waals surface area contributed by atoms with Gasteiger partial charge in [-0.15, -0.1) is 0 Å². The first kappa shape index (κ1) is 11.7. The molecule has 17 heavy (non-hydrogen) atoms. The van der Waals surface area contributed by atoms with Gasteiger partial charge in [-0.05, 0) is 12.1 Å². The summed E-state index contributed by atoms with van der Waals surface area (Å²) in [5, 5.41) is 0. The van der Waals surface area contributed by atoms with E-state index in [0.29, 0.717) is 6.07 Å². The van der Waals surface area contributed by atoms with Crippen molar-refractivity contribution in [1.82, 2.24) is 9.97 Å². The lowest BCUT2D eigenvalue weighted by atomic mass is 10.3. The third-order valence-electron chi connectivity index (χ3n) is 2.14. The summed E-state index contributed by atoms with van der Waals surface area (Å²) in [6, 6.07) is 1.62. The van der Waals surface area contributed by atoms with Gasteiger partial charge in [0.1, 0.15) is 5.52 Å². The van der Waals surface area contributed by atoms with Crippen LogP contribution in [-0.2, 0) is 5.92 Å². The molecule has 0 unspecified atom stereocenters. The number of halogens is 6. The number of aromatic nitrogens is 2. The van der Waals surface area contributed by atoms with E-state index in [1.54, 1.807) is 0 Å². The number of alkyl halides is 4. The fourth-order valence-electron chi connectivity index (χ4n) is 1.28. The first-order valence-corrected chi connectivity index (χ1v) is 4.34. The molecule has 0 bridgehead atoms. The molecule has 1 aromatic heterocycles. The topological polar surface area (TPSA) is 28.7 Å². The molecule has 1 aromatic carbocycles. The van der Waals surface area contributed by atoms with Crippen LogP contribution in [0.1, 0.15) is 5.82 Å². The van der Waals surface area contributed by atoms with E-state index in [9.17, 15) is 26.3 Å². The average Bonchev–Trinajstić information content (AvgIpc) is 2.68. The van der Waals surface area contributed by atoms with Crippen LogP contribution in [-0.4, -0.2) is 16.4 Å². The third-order valence-corrected chi connectivity index (χ3v) is 2.14. The molecule has 8 heteroatoms. The van der Waals surface area contributed by atoms with E-state index in [1.807, 2.05) is 4.98 Å². The highest BCUT2D eigenvalue weighted by Gasteiger charge is 2.46. The lowest BCUT2D eigenvalue weighted by Gasteiger charge is -2.11. The normalized spacial score (nSPS) is 12.6. The van der Waals surface area contributed by atoms with Gasteiger partial charge in [0, 0.05) is 0 Å². The number of H-pyrrole nitrogens is 1. The zero-order valence-electron chi connectivity index (χ0n) is 7.95. The van der Waals surface area contributed by atoms with Crippen LogP contribution in [0.15, 0.2) is 12.1 Å². The van der Waals surface area contributed by atoms with E-state index in [-0.39, 0.29) is 5.52 Å². The summed E-state index contributed by atoms with van der Waals surface area (Å²) in [4.78, 5) is 4.80. The van der Waals surface area contributed by atoms with E-state index >= 15 is 0 Å². The Morgan fingerprint density at radius 2 is 1.82 bits per heavy atom. The van der Waals surface area contributed by atoms with Crippen molar-refractivity contribution in [3.8, 4) is 0 Å². The Morgan fingerprint density at radius 1 is 1.18 bits per heavy atom. The molecule has 0 radical (unpaired) electrons. The fraction of sp³-hybridized carbons (Fsp3) is 0.222. The summed E-state index contributed by atoms with van der Waals surface area (Å²) in [6.07, 6.45) is -3.99. The molecule has 0 aliphatic heterocycles. The SMILES string of the molecule is Fc1ccc2[nH]c(C(F)(F)C(F)F)nc2c1F. The minimum atomic E-state index is -4.54. The average molecular weight is 254 g/mol. The molecule has 2 rings (SSSR count). The minimum Gasteiger partial charge on any atom is -0.337 e. The van der Waals surface area contributed by atoms with Gasteiger partial charge in [-0.1, -0.05) is 0 Å². The Kier molecular flexibility index (Phi) is 2.52. The summed E-state index contributed by atoms with van der Waals surface area (Å²) in [5.74, 6) is -8.69. The number of rotatable bonds is 2. The molecule has 0 aliphatic carbocycles. The highest BCUT2D eigenvalue weighted by molar-refractivity contribution is 5.75. The molecule has 0 saturated carbocycles. The van der Waals surface area contributed by atoms with Crippen LogP contribution in [0.2, 0.25) is 0 Å². The van der Waals surface area contributed by atoms with E-state index in [4.69, 9.17) is 0 Å². The van der Waals surface area contributed by atoms with Crippen molar-refractivity contribution in [3.05, 3.63) is 29.6 Å². The van der Waals surface area contributed by atoms with Crippen LogP contribution >= 0.6 is 0 Å². The van der Waals surface area contributed by atoms with Crippen molar-refractivity contribution in [1.29, 1.82) is 0 Å². The van der Waals surface area contributed by atoms with E-state index in [2.05, 4.69) is 4.98 Å². The Labute approximate surface area is 90.3 Å². The Bertz CT molecular complexity index is 562. The maximum atomic E-state index is 13.1. The quantitative estimate of drug-likeness (QED) is 0.819. The number of nitrogens with one attached hydrogen (secondary N) is 1. The highest BCUT2D eigenvalue weighted by Crippen LogP contribution is 2.34. The molecule has 0 saturated heterocycles. The monoisotopic (exact) mass is 254 g/mol. The van der Waals surface area contributed by atoms with Crippen LogP contribution in [0.25, 0.3) is 11.0 Å². The van der Waals surface area contributed by atoms with Gasteiger partial charge in [-0.2, -0.15) is 8.78 Å². The van der Waals surface area contributed by atoms with E-state index in [0.717, 1.165) is 6.07 Å². The van der Waals surface area contributed by atoms with Crippen LogP contribution < -0.4 is 0 Å². The number of nitrogens with zero attached hydrogens (tertiary/aromatic N) is 1. The number of hydrogen-bond donors (Lipinski definition) is 1. The lowest BCUT2D eigenvalue weighted by molar-refractivity contribution is -0.140. The van der Waals surface area contributed by atoms with Crippen molar-refractivity contribution >= 4 is 11.0 Å². The fourth-order valence-corrected chi connectivity index (χ4v) is 1.28. The molecule has 2 aromatic rings. The Balaban J connectivity index is 2.63. The number of aromatic amines is 1. The predicted molar refractivity (Wildman–Crippen MR) is 45.9 cm³/mol. The van der Waals surface area contributed by atoms with Crippen molar-refractivity contribution < 1.29 is 26.3 Å². The number of imidazole rings is 1. The van der Waals surface area contributed by atoms with Gasteiger partial charge in [0.15, 0.2) is 17.5 Å². The molecule has 0 aliphatic rings. The molecule has 92 valence electrons. The largest absolute Gasteiger partial charge is 0.363 e. The number of hydrogen-bond acceptors (Lipinski definition) is 1. The maximum absolute atomic E-state index is 13.1. The Morgan fingerprint density at radius 3 is 2.41 bits per heavy atom.